The molecule has 1 amide bonds. The van der Waals surface area contributed by atoms with E-state index in [1.54, 1.807) is 35.4 Å². The zero-order chi connectivity index (χ0) is 23.8. The first-order chi connectivity index (χ1) is 16.6. The fraction of sp³-hybridized carbons (Fsp3) is 0.320. The van der Waals surface area contributed by atoms with Gasteiger partial charge in [-0.05, 0) is 18.4 Å². The van der Waals surface area contributed by atoms with Crippen LogP contribution in [0.2, 0.25) is 0 Å². The Balaban J connectivity index is 1.44. The molecule has 0 bridgehead atoms. The number of benzene rings is 1. The van der Waals surface area contributed by atoms with Gasteiger partial charge in [0, 0.05) is 30.0 Å². The van der Waals surface area contributed by atoms with Crippen molar-refractivity contribution in [2.24, 2.45) is 0 Å². The van der Waals surface area contributed by atoms with Gasteiger partial charge < -0.3 is 10.3 Å². The van der Waals surface area contributed by atoms with E-state index in [2.05, 4.69) is 37.4 Å². The number of nitrogens with zero attached hydrogens (tertiary/aromatic N) is 3. The van der Waals surface area contributed by atoms with E-state index < -0.39 is 0 Å². The average molecular weight is 494 g/mol. The van der Waals surface area contributed by atoms with E-state index in [0.717, 1.165) is 53.3 Å². The number of imidazole rings is 1. The molecule has 4 aromatic rings. The largest absolute Gasteiger partial charge is 0.341 e. The van der Waals surface area contributed by atoms with Crippen LogP contribution in [0.25, 0.3) is 21.8 Å². The molecular formula is C25H27N5O2S2. The van der Waals surface area contributed by atoms with Crippen LogP contribution in [0, 0.1) is 0 Å². The van der Waals surface area contributed by atoms with E-state index in [-0.39, 0.29) is 11.9 Å². The zero-order valence-electron chi connectivity index (χ0n) is 19.0. The van der Waals surface area contributed by atoms with Gasteiger partial charge in [0.15, 0.2) is 0 Å². The number of thiazole rings is 2. The molecule has 0 aliphatic rings. The van der Waals surface area contributed by atoms with E-state index in [0.29, 0.717) is 23.5 Å². The highest BCUT2D eigenvalue weighted by Gasteiger charge is 2.20. The summed E-state index contributed by atoms with van der Waals surface area (Å²) < 4.78 is 0. The third-order valence-electron chi connectivity index (χ3n) is 5.60. The fourth-order valence-electron chi connectivity index (χ4n) is 3.68. The topological polar surface area (TPSA) is 101 Å². The molecule has 176 valence electrons. The number of aromatic amines is 1. The molecule has 0 aliphatic carbocycles. The summed E-state index contributed by atoms with van der Waals surface area (Å²) in [5.74, 6) is 0.868. The number of carbonyl (C=O) groups excluding carboxylic acids is 2. The molecular weight excluding hydrogens is 466 g/mol. The highest BCUT2D eigenvalue weighted by atomic mass is 32.1. The van der Waals surface area contributed by atoms with Crippen molar-refractivity contribution in [3.05, 3.63) is 64.4 Å². The molecule has 1 atom stereocenters. The Morgan fingerprint density at radius 3 is 2.56 bits per heavy atom. The Morgan fingerprint density at radius 2 is 1.85 bits per heavy atom. The Kier molecular flexibility index (Phi) is 8.32. The Hall–Kier alpha value is -3.17. The minimum atomic E-state index is -0.250. The second-order valence-electron chi connectivity index (χ2n) is 7.98. The molecule has 0 saturated carbocycles. The first-order valence-electron chi connectivity index (χ1n) is 11.4. The summed E-state index contributed by atoms with van der Waals surface area (Å²) in [5.41, 5.74) is 4.64. The predicted octanol–water partition coefficient (Wildman–Crippen LogP) is 6.06. The predicted molar refractivity (Wildman–Crippen MR) is 136 cm³/mol. The van der Waals surface area contributed by atoms with Crippen LogP contribution in [0.3, 0.4) is 0 Å². The summed E-state index contributed by atoms with van der Waals surface area (Å²) in [6.07, 6.45) is 9.83. The van der Waals surface area contributed by atoms with E-state index >= 15 is 0 Å². The van der Waals surface area contributed by atoms with Crippen LogP contribution in [0.1, 0.15) is 67.0 Å². The van der Waals surface area contributed by atoms with Crippen molar-refractivity contribution in [1.82, 2.24) is 25.3 Å². The van der Waals surface area contributed by atoms with Gasteiger partial charge in [0.1, 0.15) is 21.5 Å². The highest BCUT2D eigenvalue weighted by Crippen LogP contribution is 2.27. The van der Waals surface area contributed by atoms with Gasteiger partial charge in [0.25, 0.3) is 5.91 Å². The molecule has 2 N–H and O–H groups in total. The molecule has 34 heavy (non-hydrogen) atoms. The SMILES string of the molecule is CCC(=O)CCCCC[C@H](NC(=O)c1cncs1)c1ncc(-c2ccc(-c3nccs3)cc2)[nH]1. The van der Waals surface area contributed by atoms with Crippen molar-refractivity contribution >= 4 is 34.4 Å². The number of ketones is 1. The summed E-state index contributed by atoms with van der Waals surface area (Å²) in [7, 11) is 0. The lowest BCUT2D eigenvalue weighted by atomic mass is 10.0. The van der Waals surface area contributed by atoms with E-state index in [4.69, 9.17) is 0 Å². The molecule has 0 aliphatic heterocycles. The molecule has 1 aromatic carbocycles. The number of carbonyl (C=O) groups is 2. The molecule has 3 heterocycles. The number of unbranched alkanes of at least 4 members (excludes halogenated alkanes) is 2. The van der Waals surface area contributed by atoms with Crippen LogP contribution in [0.4, 0.5) is 0 Å². The maximum Gasteiger partial charge on any atom is 0.263 e. The molecule has 0 radical (unpaired) electrons. The average Bonchev–Trinajstić information content (AvgIpc) is 3.65. The number of aromatic nitrogens is 4. The quantitative estimate of drug-likeness (QED) is 0.234. The third kappa shape index (κ3) is 6.24. The molecule has 4 rings (SSSR count). The van der Waals surface area contributed by atoms with Crippen LogP contribution in [0.5, 0.6) is 0 Å². The first-order valence-corrected chi connectivity index (χ1v) is 13.2. The Bertz CT molecular complexity index is 1180. The molecule has 7 nitrogen and oxygen atoms in total. The standard InChI is InChI=1S/C25H27N5O2S2/c1-2-19(31)6-4-3-5-7-20(30-24(32)22-15-26-16-34-22)23-28-14-21(29-23)17-8-10-18(11-9-17)25-27-12-13-33-25/h8-16,20H,2-7H2,1H3,(H,28,29)(H,30,32)/t20-/m0/s1. The van der Waals surface area contributed by atoms with Crippen molar-refractivity contribution in [3.63, 3.8) is 0 Å². The van der Waals surface area contributed by atoms with E-state index in [1.165, 1.54) is 11.3 Å². The third-order valence-corrected chi connectivity index (χ3v) is 7.20. The van der Waals surface area contributed by atoms with Gasteiger partial charge in [-0.25, -0.2) is 9.97 Å². The molecule has 0 fully saturated rings. The number of hydrogen-bond acceptors (Lipinski definition) is 7. The summed E-state index contributed by atoms with van der Waals surface area (Å²) in [5, 5.41) is 6.06. The van der Waals surface area contributed by atoms with Crippen LogP contribution in [-0.4, -0.2) is 31.6 Å². The lowest BCUT2D eigenvalue weighted by Gasteiger charge is -2.16. The zero-order valence-corrected chi connectivity index (χ0v) is 20.6. The first kappa shape index (κ1) is 24.0. The summed E-state index contributed by atoms with van der Waals surface area (Å²) in [6.45, 7) is 1.90. The Labute approximate surface area is 206 Å². The van der Waals surface area contributed by atoms with Gasteiger partial charge in [-0.15, -0.1) is 22.7 Å². The van der Waals surface area contributed by atoms with Crippen LogP contribution in [0.15, 0.2) is 53.7 Å². The maximum absolute atomic E-state index is 12.7. The second-order valence-corrected chi connectivity index (χ2v) is 9.76. The normalized spacial score (nSPS) is 11.9. The van der Waals surface area contributed by atoms with Crippen molar-refractivity contribution in [2.75, 3.05) is 0 Å². The minimum absolute atomic E-state index is 0.153. The monoisotopic (exact) mass is 493 g/mol. The van der Waals surface area contributed by atoms with Crippen LogP contribution < -0.4 is 5.32 Å². The van der Waals surface area contributed by atoms with E-state index in [9.17, 15) is 9.59 Å². The van der Waals surface area contributed by atoms with Crippen molar-refractivity contribution < 1.29 is 9.59 Å². The number of nitrogens with one attached hydrogen (secondary N) is 2. The van der Waals surface area contributed by atoms with Crippen LogP contribution >= 0.6 is 22.7 Å². The molecule has 0 unspecified atom stereocenters. The maximum atomic E-state index is 12.7. The van der Waals surface area contributed by atoms with Gasteiger partial charge >= 0.3 is 0 Å². The number of rotatable bonds is 12. The number of hydrogen-bond donors (Lipinski definition) is 2. The van der Waals surface area contributed by atoms with Crippen LogP contribution in [-0.2, 0) is 4.79 Å². The summed E-state index contributed by atoms with van der Waals surface area (Å²) in [4.78, 5) is 41.2. The fourth-order valence-corrected chi connectivity index (χ4v) is 4.84. The van der Waals surface area contributed by atoms with E-state index in [1.807, 2.05) is 24.4 Å². The lowest BCUT2D eigenvalue weighted by molar-refractivity contribution is -0.118. The van der Waals surface area contributed by atoms with Gasteiger partial charge in [-0.1, -0.05) is 44.0 Å². The Morgan fingerprint density at radius 1 is 1.03 bits per heavy atom. The molecule has 3 aromatic heterocycles. The number of H-pyrrole nitrogens is 1. The van der Waals surface area contributed by atoms with Gasteiger partial charge in [0.2, 0.25) is 0 Å². The highest BCUT2D eigenvalue weighted by molar-refractivity contribution is 7.13. The lowest BCUT2D eigenvalue weighted by Crippen LogP contribution is -2.28. The van der Waals surface area contributed by atoms with Gasteiger partial charge in [-0.3, -0.25) is 14.6 Å². The minimum Gasteiger partial charge on any atom is -0.341 e. The summed E-state index contributed by atoms with van der Waals surface area (Å²) >= 11 is 2.92. The van der Waals surface area contributed by atoms with Crippen molar-refractivity contribution in [1.29, 1.82) is 0 Å². The second kappa shape index (κ2) is 11.8. The molecule has 0 spiro atoms. The summed E-state index contributed by atoms with van der Waals surface area (Å²) in [6, 6.07) is 7.94. The number of amides is 1. The van der Waals surface area contributed by atoms with Gasteiger partial charge in [0.05, 0.1) is 29.6 Å². The smallest absolute Gasteiger partial charge is 0.263 e. The van der Waals surface area contributed by atoms with Crippen molar-refractivity contribution in [2.45, 2.75) is 51.5 Å². The molecule has 9 heteroatoms. The van der Waals surface area contributed by atoms with Crippen molar-refractivity contribution in [3.8, 4) is 21.8 Å². The van der Waals surface area contributed by atoms with Gasteiger partial charge in [-0.2, -0.15) is 0 Å². The molecule has 0 saturated heterocycles. The number of Topliss-reactive ketones (excluding diaryl/α,β-unsaturated/α-hetero) is 1.